The Morgan fingerprint density at radius 2 is 2.07 bits per heavy atom. The molecule has 0 aliphatic carbocycles. The Bertz CT molecular complexity index is 257. The summed E-state index contributed by atoms with van der Waals surface area (Å²) in [7, 11) is -0.899. The molecule has 2 atom stereocenters. The fraction of sp³-hybridized carbons (Fsp3) is 0.750. The summed E-state index contributed by atoms with van der Waals surface area (Å²) in [5, 5.41) is 13.8. The third kappa shape index (κ3) is 8.07. The minimum absolute atomic E-state index is 0.131. The zero-order valence-corrected chi connectivity index (χ0v) is 9.60. The molecule has 6 nitrogen and oxygen atoms in total. The molecule has 0 aromatic carbocycles. The van der Waals surface area contributed by atoms with E-state index in [2.05, 4.69) is 10.6 Å². The lowest BCUT2D eigenvalue weighted by Gasteiger charge is -2.13. The first kappa shape index (κ1) is 14.1. The van der Waals surface area contributed by atoms with E-state index in [9.17, 15) is 13.8 Å². The smallest absolute Gasteiger partial charge is 0.327 e. The predicted molar refractivity (Wildman–Crippen MR) is 57.0 cm³/mol. The molecule has 0 saturated heterocycles. The lowest BCUT2D eigenvalue weighted by Crippen LogP contribution is -2.47. The van der Waals surface area contributed by atoms with Crippen molar-refractivity contribution < 1.29 is 18.9 Å². The monoisotopic (exact) mass is 236 g/mol. The van der Waals surface area contributed by atoms with Gasteiger partial charge in [0.15, 0.2) is 0 Å². The highest BCUT2D eigenvalue weighted by Crippen LogP contribution is 1.83. The van der Waals surface area contributed by atoms with E-state index in [-0.39, 0.29) is 12.5 Å². The highest BCUT2D eigenvalue weighted by molar-refractivity contribution is 7.84. The number of rotatable bonds is 7. The average Bonchev–Trinajstić information content (AvgIpc) is 2.08. The van der Waals surface area contributed by atoms with Crippen LogP contribution in [0.1, 0.15) is 6.92 Å². The maximum Gasteiger partial charge on any atom is 0.327 e. The van der Waals surface area contributed by atoms with Crippen molar-refractivity contribution in [1.82, 2.24) is 10.6 Å². The fourth-order valence-corrected chi connectivity index (χ4v) is 1.34. The normalized spacial score (nSPS) is 14.3. The van der Waals surface area contributed by atoms with Gasteiger partial charge in [0.1, 0.15) is 6.04 Å². The summed E-state index contributed by atoms with van der Waals surface area (Å²) >= 11 is 0. The number of carbonyl (C=O) groups is 2. The molecule has 0 radical (unpaired) electrons. The van der Waals surface area contributed by atoms with Crippen molar-refractivity contribution in [2.45, 2.75) is 13.0 Å². The maximum atomic E-state index is 10.7. The molecule has 0 aliphatic heterocycles. The van der Waals surface area contributed by atoms with Crippen molar-refractivity contribution in [1.29, 1.82) is 0 Å². The van der Waals surface area contributed by atoms with Crippen LogP contribution in [-0.2, 0) is 20.4 Å². The van der Waals surface area contributed by atoms with E-state index in [1.54, 1.807) is 6.26 Å². The first-order chi connectivity index (χ1) is 6.93. The van der Waals surface area contributed by atoms with Gasteiger partial charge in [-0.3, -0.25) is 9.00 Å². The van der Waals surface area contributed by atoms with Crippen LogP contribution in [0.2, 0.25) is 0 Å². The Morgan fingerprint density at radius 1 is 1.47 bits per heavy atom. The number of aliphatic carboxylic acids is 1. The van der Waals surface area contributed by atoms with Gasteiger partial charge in [-0.1, -0.05) is 0 Å². The van der Waals surface area contributed by atoms with E-state index in [0.717, 1.165) is 0 Å². The van der Waals surface area contributed by atoms with Gasteiger partial charge in [-0.15, -0.1) is 0 Å². The third-order valence-corrected chi connectivity index (χ3v) is 2.37. The second-order valence-corrected chi connectivity index (χ2v) is 4.63. The molecule has 0 aromatic rings. The van der Waals surface area contributed by atoms with Gasteiger partial charge in [0.05, 0.1) is 0 Å². The Hall–Kier alpha value is -0.950. The molecule has 2 unspecified atom stereocenters. The van der Waals surface area contributed by atoms with Gasteiger partial charge in [-0.05, 0) is 0 Å². The molecular weight excluding hydrogens is 220 g/mol. The van der Waals surface area contributed by atoms with Crippen LogP contribution >= 0.6 is 0 Å². The molecular formula is C8H16N2O4S. The predicted octanol–water partition coefficient (Wildman–Crippen LogP) is -1.46. The maximum absolute atomic E-state index is 10.7. The van der Waals surface area contributed by atoms with Crippen LogP contribution in [0.4, 0.5) is 0 Å². The minimum atomic E-state index is -1.09. The van der Waals surface area contributed by atoms with Gasteiger partial charge in [-0.2, -0.15) is 0 Å². The van der Waals surface area contributed by atoms with Crippen LogP contribution in [0.3, 0.4) is 0 Å². The summed E-state index contributed by atoms with van der Waals surface area (Å²) in [5.41, 5.74) is 0. The quantitative estimate of drug-likeness (QED) is 0.470. The molecule has 0 heterocycles. The van der Waals surface area contributed by atoms with E-state index < -0.39 is 22.8 Å². The van der Waals surface area contributed by atoms with E-state index in [4.69, 9.17) is 5.11 Å². The summed E-state index contributed by atoms with van der Waals surface area (Å²) < 4.78 is 10.7. The van der Waals surface area contributed by atoms with Crippen LogP contribution in [0.15, 0.2) is 0 Å². The second-order valence-electron chi connectivity index (χ2n) is 3.07. The fourth-order valence-electron chi connectivity index (χ4n) is 0.908. The topological polar surface area (TPSA) is 95.5 Å². The summed E-state index contributed by atoms with van der Waals surface area (Å²) in [5.74, 6) is -1.01. The molecule has 0 fully saturated rings. The molecule has 0 aliphatic rings. The molecule has 0 aromatic heterocycles. The Labute approximate surface area is 90.9 Å². The van der Waals surface area contributed by atoms with Gasteiger partial charge < -0.3 is 15.7 Å². The van der Waals surface area contributed by atoms with Crippen LogP contribution in [0, 0.1) is 0 Å². The highest BCUT2D eigenvalue weighted by Gasteiger charge is 2.17. The number of carboxylic acids is 1. The molecule has 0 rings (SSSR count). The number of carbonyl (C=O) groups excluding carboxylic acids is 1. The van der Waals surface area contributed by atoms with Gasteiger partial charge in [-0.25, -0.2) is 4.79 Å². The van der Waals surface area contributed by atoms with Crippen molar-refractivity contribution in [3.63, 3.8) is 0 Å². The molecule has 0 spiro atoms. The average molecular weight is 236 g/mol. The van der Waals surface area contributed by atoms with Gasteiger partial charge in [0.2, 0.25) is 5.91 Å². The number of nitrogens with one attached hydrogen (secondary N) is 2. The number of amides is 1. The van der Waals surface area contributed by atoms with Crippen molar-refractivity contribution in [2.24, 2.45) is 0 Å². The van der Waals surface area contributed by atoms with Crippen molar-refractivity contribution in [3.05, 3.63) is 0 Å². The van der Waals surface area contributed by atoms with Crippen LogP contribution in [-0.4, -0.2) is 52.3 Å². The van der Waals surface area contributed by atoms with Crippen LogP contribution in [0.25, 0.3) is 0 Å². The first-order valence-electron chi connectivity index (χ1n) is 4.44. The Morgan fingerprint density at radius 3 is 2.47 bits per heavy atom. The van der Waals surface area contributed by atoms with Crippen molar-refractivity contribution >= 4 is 22.7 Å². The van der Waals surface area contributed by atoms with Gasteiger partial charge >= 0.3 is 5.97 Å². The number of hydrogen-bond donors (Lipinski definition) is 3. The zero-order valence-electron chi connectivity index (χ0n) is 8.78. The first-order valence-corrected chi connectivity index (χ1v) is 6.17. The zero-order chi connectivity index (χ0) is 11.8. The molecule has 0 bridgehead atoms. The van der Waals surface area contributed by atoms with Crippen LogP contribution < -0.4 is 10.6 Å². The summed E-state index contributed by atoms with van der Waals surface area (Å²) in [4.78, 5) is 21.3. The molecule has 3 N–H and O–H groups in total. The van der Waals surface area contributed by atoms with E-state index in [1.807, 2.05) is 0 Å². The number of hydrogen-bond acceptors (Lipinski definition) is 4. The summed E-state index contributed by atoms with van der Waals surface area (Å²) in [6.45, 7) is 1.86. The van der Waals surface area contributed by atoms with E-state index in [1.165, 1.54) is 6.92 Å². The minimum Gasteiger partial charge on any atom is -0.480 e. The highest BCUT2D eigenvalue weighted by atomic mass is 32.2. The molecule has 88 valence electrons. The summed E-state index contributed by atoms with van der Waals surface area (Å²) in [6.07, 6.45) is 1.57. The standard InChI is InChI=1S/C8H16N2O4S/c1-6(11)10-7(8(12)13)5-9-3-4-15(2)14/h7,9H,3-5H2,1-2H3,(H,10,11)(H,12,13). The molecule has 1 amide bonds. The lowest BCUT2D eigenvalue weighted by atomic mass is 10.3. The molecule has 15 heavy (non-hydrogen) atoms. The molecule has 0 saturated carbocycles. The SMILES string of the molecule is CC(=O)NC(CNCCS(C)=O)C(=O)O. The van der Waals surface area contributed by atoms with E-state index >= 15 is 0 Å². The largest absolute Gasteiger partial charge is 0.480 e. The van der Waals surface area contributed by atoms with Crippen molar-refractivity contribution in [3.8, 4) is 0 Å². The van der Waals surface area contributed by atoms with Crippen molar-refractivity contribution in [2.75, 3.05) is 25.1 Å². The Kier molecular flexibility index (Phi) is 6.89. The van der Waals surface area contributed by atoms with E-state index in [0.29, 0.717) is 12.3 Å². The van der Waals surface area contributed by atoms with Crippen LogP contribution in [0.5, 0.6) is 0 Å². The second kappa shape index (κ2) is 7.36. The lowest BCUT2D eigenvalue weighted by molar-refractivity contribution is -0.141. The third-order valence-electron chi connectivity index (χ3n) is 1.59. The molecule has 7 heteroatoms. The number of carboxylic acid groups (broad SMARTS) is 1. The van der Waals surface area contributed by atoms with Gasteiger partial charge in [0.25, 0.3) is 0 Å². The summed E-state index contributed by atoms with van der Waals surface area (Å²) in [6, 6.07) is -0.937. The van der Waals surface area contributed by atoms with Gasteiger partial charge in [0, 0.05) is 42.8 Å². The Balaban J connectivity index is 3.81.